The third-order valence-corrected chi connectivity index (χ3v) is 3.08. The van der Waals surface area contributed by atoms with Crippen molar-refractivity contribution in [3.8, 4) is 0 Å². The van der Waals surface area contributed by atoms with E-state index in [0.717, 1.165) is 0 Å². The molecule has 0 aromatic heterocycles. The molecule has 1 unspecified atom stereocenters. The zero-order valence-corrected chi connectivity index (χ0v) is 11.9. The lowest BCUT2D eigenvalue weighted by molar-refractivity contribution is 0.0454. The number of ether oxygens (including phenoxy) is 3. The zero-order valence-electron chi connectivity index (χ0n) is 11.0. The Balaban J connectivity index is 3.40. The second-order valence-electron chi connectivity index (χ2n) is 3.38. The van der Waals surface area contributed by atoms with Gasteiger partial charge in [0.1, 0.15) is 0 Å². The summed E-state index contributed by atoms with van der Waals surface area (Å²) in [6.45, 7) is 3.57. The predicted molar refractivity (Wildman–Crippen MR) is 66.0 cm³/mol. The maximum absolute atomic E-state index is 11.7. The van der Waals surface area contributed by atoms with Crippen LogP contribution in [-0.4, -0.2) is 71.7 Å². The van der Waals surface area contributed by atoms with Crippen LogP contribution in [0.5, 0.6) is 0 Å². The maximum atomic E-state index is 11.7. The van der Waals surface area contributed by atoms with Gasteiger partial charge in [-0.2, -0.15) is 0 Å². The Kier molecular flexibility index (Phi) is 12.0. The molecule has 0 rings (SSSR count). The molecule has 1 atom stereocenters. The molecule has 0 saturated heterocycles. The average molecular weight is 286 g/mol. The lowest BCUT2D eigenvalue weighted by atomic mass is 10.7. The summed E-state index contributed by atoms with van der Waals surface area (Å²) in [7, 11) is -1.46. The molecule has 0 aliphatic heterocycles. The summed E-state index contributed by atoms with van der Waals surface area (Å²) in [5.74, 6) is 0. The maximum Gasteiger partial charge on any atom is 0.327 e. The SMILES string of the molecule is COCCOCCOP(C)(=O)OCCOCCO. The Morgan fingerprint density at radius 1 is 0.889 bits per heavy atom. The molecule has 0 radical (unpaired) electrons. The topological polar surface area (TPSA) is 83.5 Å². The number of hydrogen-bond acceptors (Lipinski definition) is 7. The summed E-state index contributed by atoms with van der Waals surface area (Å²) in [6, 6.07) is 0. The normalized spacial score (nSPS) is 14.6. The van der Waals surface area contributed by atoms with Crippen molar-refractivity contribution in [3.05, 3.63) is 0 Å². The third-order valence-electron chi connectivity index (χ3n) is 1.77. The van der Waals surface area contributed by atoms with Gasteiger partial charge in [-0.3, -0.25) is 4.57 Å². The monoisotopic (exact) mass is 286 g/mol. The second kappa shape index (κ2) is 12.0. The van der Waals surface area contributed by atoms with Crippen molar-refractivity contribution in [2.75, 3.05) is 66.6 Å². The Morgan fingerprint density at radius 2 is 1.39 bits per heavy atom. The van der Waals surface area contributed by atoms with Gasteiger partial charge in [0.05, 0.1) is 52.9 Å². The van der Waals surface area contributed by atoms with E-state index in [9.17, 15) is 4.57 Å². The van der Waals surface area contributed by atoms with Gasteiger partial charge < -0.3 is 28.4 Å². The lowest BCUT2D eigenvalue weighted by Gasteiger charge is -2.14. The molecule has 0 aliphatic carbocycles. The van der Waals surface area contributed by atoms with Crippen LogP contribution in [0.4, 0.5) is 0 Å². The zero-order chi connectivity index (χ0) is 13.7. The minimum absolute atomic E-state index is 0.0426. The van der Waals surface area contributed by atoms with E-state index in [2.05, 4.69) is 0 Å². The van der Waals surface area contributed by atoms with E-state index >= 15 is 0 Å². The summed E-state index contributed by atoms with van der Waals surface area (Å²) in [5, 5.41) is 8.46. The van der Waals surface area contributed by atoms with Gasteiger partial charge in [0.15, 0.2) is 0 Å². The van der Waals surface area contributed by atoms with E-state index < -0.39 is 7.60 Å². The van der Waals surface area contributed by atoms with Gasteiger partial charge in [0.2, 0.25) is 0 Å². The first-order valence-electron chi connectivity index (χ1n) is 5.74. The first kappa shape index (κ1) is 18.0. The van der Waals surface area contributed by atoms with E-state index in [-0.39, 0.29) is 33.0 Å². The van der Waals surface area contributed by atoms with Crippen LogP contribution in [0.1, 0.15) is 0 Å². The molecule has 7 nitrogen and oxygen atoms in total. The van der Waals surface area contributed by atoms with Crippen molar-refractivity contribution in [1.29, 1.82) is 0 Å². The summed E-state index contributed by atoms with van der Waals surface area (Å²) < 4.78 is 36.7. The molecule has 0 aromatic rings. The number of rotatable bonds is 13. The van der Waals surface area contributed by atoms with Crippen LogP contribution in [0, 0.1) is 0 Å². The van der Waals surface area contributed by atoms with Gasteiger partial charge in [-0.1, -0.05) is 0 Å². The molecule has 0 saturated carbocycles. The van der Waals surface area contributed by atoms with Crippen LogP contribution < -0.4 is 0 Å². The molecule has 0 bridgehead atoms. The first-order valence-corrected chi connectivity index (χ1v) is 7.73. The molecule has 0 aliphatic rings. The quantitative estimate of drug-likeness (QED) is 0.390. The fourth-order valence-electron chi connectivity index (χ4n) is 0.972. The van der Waals surface area contributed by atoms with Crippen LogP contribution >= 0.6 is 7.60 Å². The third kappa shape index (κ3) is 12.4. The first-order chi connectivity index (χ1) is 8.62. The minimum atomic E-state index is -3.05. The van der Waals surface area contributed by atoms with E-state index in [1.807, 2.05) is 0 Å². The minimum Gasteiger partial charge on any atom is -0.394 e. The Hall–Kier alpha value is -0.0100. The summed E-state index contributed by atoms with van der Waals surface area (Å²) in [5.41, 5.74) is 0. The predicted octanol–water partition coefficient (Wildman–Crippen LogP) is 0.514. The van der Waals surface area contributed by atoms with Crippen molar-refractivity contribution in [2.24, 2.45) is 0 Å². The van der Waals surface area contributed by atoms with Gasteiger partial charge in [0, 0.05) is 13.8 Å². The molecule has 18 heavy (non-hydrogen) atoms. The Labute approximate surface area is 108 Å². The van der Waals surface area contributed by atoms with Crippen molar-refractivity contribution in [3.63, 3.8) is 0 Å². The summed E-state index contributed by atoms with van der Waals surface area (Å²) in [4.78, 5) is 0. The number of hydrogen-bond donors (Lipinski definition) is 1. The van der Waals surface area contributed by atoms with E-state index in [0.29, 0.717) is 19.8 Å². The van der Waals surface area contributed by atoms with Gasteiger partial charge in [-0.15, -0.1) is 0 Å². The van der Waals surface area contributed by atoms with E-state index in [1.54, 1.807) is 7.11 Å². The number of aliphatic hydroxyl groups excluding tert-OH is 1. The highest BCUT2D eigenvalue weighted by Gasteiger charge is 2.16. The van der Waals surface area contributed by atoms with Crippen LogP contribution in [-0.2, 0) is 27.8 Å². The summed E-state index contributed by atoms with van der Waals surface area (Å²) in [6.07, 6.45) is 0. The molecule has 1 N–H and O–H groups in total. The number of methoxy groups -OCH3 is 1. The molecule has 0 spiro atoms. The molecular weight excluding hydrogens is 263 g/mol. The Morgan fingerprint density at radius 3 is 1.89 bits per heavy atom. The van der Waals surface area contributed by atoms with Crippen LogP contribution in [0.25, 0.3) is 0 Å². The molecular formula is C10H23O7P. The average Bonchev–Trinajstić information content (AvgIpc) is 2.33. The van der Waals surface area contributed by atoms with Gasteiger partial charge in [0.25, 0.3) is 0 Å². The van der Waals surface area contributed by atoms with Crippen LogP contribution in [0.15, 0.2) is 0 Å². The number of aliphatic hydroxyl groups is 1. The largest absolute Gasteiger partial charge is 0.394 e. The molecule has 0 amide bonds. The standard InChI is InChI=1S/C10H23O7P/c1-13-5-6-15-8-10-17-18(2,12)16-9-7-14-4-3-11/h11H,3-10H2,1-2H3. The van der Waals surface area contributed by atoms with Crippen LogP contribution in [0.2, 0.25) is 0 Å². The summed E-state index contributed by atoms with van der Waals surface area (Å²) >= 11 is 0. The van der Waals surface area contributed by atoms with Crippen molar-refractivity contribution in [2.45, 2.75) is 0 Å². The fraction of sp³-hybridized carbons (Fsp3) is 1.00. The second-order valence-corrected chi connectivity index (χ2v) is 5.44. The van der Waals surface area contributed by atoms with Crippen molar-refractivity contribution in [1.82, 2.24) is 0 Å². The Bertz CT molecular complexity index is 224. The highest BCUT2D eigenvalue weighted by Crippen LogP contribution is 2.43. The van der Waals surface area contributed by atoms with Crippen LogP contribution in [0.3, 0.4) is 0 Å². The molecule has 0 fully saturated rings. The van der Waals surface area contributed by atoms with Gasteiger partial charge >= 0.3 is 7.60 Å². The smallest absolute Gasteiger partial charge is 0.327 e. The van der Waals surface area contributed by atoms with Crippen molar-refractivity contribution >= 4 is 7.60 Å². The van der Waals surface area contributed by atoms with Crippen molar-refractivity contribution < 1.29 is 32.9 Å². The van der Waals surface area contributed by atoms with Gasteiger partial charge in [-0.05, 0) is 0 Å². The molecule has 0 heterocycles. The van der Waals surface area contributed by atoms with Gasteiger partial charge in [-0.25, -0.2) is 0 Å². The molecule has 110 valence electrons. The fourth-order valence-corrected chi connectivity index (χ4v) is 1.86. The van der Waals surface area contributed by atoms with E-state index in [1.165, 1.54) is 6.66 Å². The van der Waals surface area contributed by atoms with E-state index in [4.69, 9.17) is 28.4 Å². The lowest BCUT2D eigenvalue weighted by Crippen LogP contribution is -2.10. The highest BCUT2D eigenvalue weighted by atomic mass is 31.2. The molecule has 8 heteroatoms. The highest BCUT2D eigenvalue weighted by molar-refractivity contribution is 7.52. The molecule has 0 aromatic carbocycles.